The number of esters is 1. The Labute approximate surface area is 225 Å². The predicted octanol–water partition coefficient (Wildman–Crippen LogP) is 5.16. The Morgan fingerprint density at radius 1 is 1.18 bits per heavy atom. The minimum Gasteiger partial charge on any atom is -0.462 e. The molecule has 2 aromatic heterocycles. The minimum atomic E-state index is -0.464. The third-order valence-electron chi connectivity index (χ3n) is 6.86. The van der Waals surface area contributed by atoms with Gasteiger partial charge in [-0.15, -0.1) is 11.3 Å². The average Bonchev–Trinajstić information content (AvgIpc) is 3.60. The molecule has 0 bridgehead atoms. The summed E-state index contributed by atoms with van der Waals surface area (Å²) in [6.45, 7) is 6.45. The van der Waals surface area contributed by atoms with Crippen molar-refractivity contribution < 1.29 is 23.8 Å². The number of carbonyl (C=O) groups excluding carboxylic acids is 2. The first-order valence-electron chi connectivity index (χ1n) is 12.7. The van der Waals surface area contributed by atoms with Crippen LogP contribution in [0.4, 0.5) is 0 Å². The molecule has 1 aliphatic carbocycles. The highest BCUT2D eigenvalue weighted by Gasteiger charge is 2.29. The minimum absolute atomic E-state index is 0.00193. The van der Waals surface area contributed by atoms with Crippen molar-refractivity contribution in [2.45, 2.75) is 53.0 Å². The predicted molar refractivity (Wildman–Crippen MR) is 144 cm³/mol. The molecule has 0 fully saturated rings. The molecular formula is C29H29N3O5S. The van der Waals surface area contributed by atoms with Crippen molar-refractivity contribution in [2.75, 3.05) is 13.4 Å². The van der Waals surface area contributed by atoms with Gasteiger partial charge in [0.25, 0.3) is 5.91 Å². The molecule has 0 radical (unpaired) electrons. The monoisotopic (exact) mass is 531 g/mol. The molecule has 3 aromatic rings. The third kappa shape index (κ3) is 4.79. The summed E-state index contributed by atoms with van der Waals surface area (Å²) in [4.78, 5) is 27.1. The van der Waals surface area contributed by atoms with Gasteiger partial charge in [-0.1, -0.05) is 6.07 Å². The number of aromatic nitrogens is 1. The van der Waals surface area contributed by atoms with Gasteiger partial charge in [-0.05, 0) is 87.4 Å². The molecule has 1 amide bonds. The molecule has 0 saturated carbocycles. The topological polar surface area (TPSA) is 103 Å². The van der Waals surface area contributed by atoms with Crippen LogP contribution in [-0.2, 0) is 28.9 Å². The Hall–Kier alpha value is -4.03. The van der Waals surface area contributed by atoms with Gasteiger partial charge in [-0.25, -0.2) is 4.79 Å². The van der Waals surface area contributed by atoms with E-state index in [1.807, 2.05) is 49.6 Å². The number of carbonyl (C=O) groups is 2. The van der Waals surface area contributed by atoms with E-state index >= 15 is 0 Å². The van der Waals surface area contributed by atoms with Crippen LogP contribution in [0.25, 0.3) is 11.1 Å². The molecule has 0 spiro atoms. The lowest BCUT2D eigenvalue weighted by atomic mass is 9.95. The Morgan fingerprint density at radius 3 is 2.76 bits per heavy atom. The number of ether oxygens (including phenoxy) is 3. The molecule has 9 heteroatoms. The van der Waals surface area contributed by atoms with Gasteiger partial charge in [0.1, 0.15) is 16.6 Å². The summed E-state index contributed by atoms with van der Waals surface area (Å²) >= 11 is 1.63. The van der Waals surface area contributed by atoms with Crippen LogP contribution in [-0.4, -0.2) is 29.8 Å². The zero-order valence-electron chi connectivity index (χ0n) is 21.7. The Kier molecular flexibility index (Phi) is 7.25. The van der Waals surface area contributed by atoms with Crippen molar-refractivity contribution in [1.29, 1.82) is 5.26 Å². The molecular weight excluding hydrogens is 502 g/mol. The van der Waals surface area contributed by atoms with E-state index < -0.39 is 5.91 Å². The van der Waals surface area contributed by atoms with E-state index in [-0.39, 0.29) is 24.9 Å². The Morgan fingerprint density at radius 2 is 1.97 bits per heavy atom. The van der Waals surface area contributed by atoms with Gasteiger partial charge in [0, 0.05) is 22.8 Å². The number of aryl methyl sites for hydroxylation is 2. The second kappa shape index (κ2) is 10.8. The maximum atomic E-state index is 13.0. The molecule has 1 aromatic carbocycles. The molecule has 1 N–H and O–H groups in total. The van der Waals surface area contributed by atoms with Crippen LogP contribution in [0.15, 0.2) is 29.8 Å². The van der Waals surface area contributed by atoms with Gasteiger partial charge in [-0.2, -0.15) is 5.26 Å². The van der Waals surface area contributed by atoms with E-state index in [1.165, 1.54) is 4.88 Å². The number of nitrogens with zero attached hydrogens (tertiary/aromatic N) is 2. The summed E-state index contributed by atoms with van der Waals surface area (Å²) in [5.41, 5.74) is 5.09. The van der Waals surface area contributed by atoms with Gasteiger partial charge in [0.2, 0.25) is 6.79 Å². The molecule has 196 valence electrons. The van der Waals surface area contributed by atoms with E-state index in [0.29, 0.717) is 23.7 Å². The standard InChI is InChI=1S/C29H29N3O5S/c1-4-35-29(34)26-22-7-5-6-8-25(22)38-28(26)32-17(2)11-20(18(32)3)13-21(14-30)27(33)31-15-19-9-10-23-24(12-19)37-16-36-23/h9-13H,4-8,15-16H2,1-3H3,(H,31,33)/b21-13+. The van der Waals surface area contributed by atoms with Crippen molar-refractivity contribution in [3.8, 4) is 22.6 Å². The molecule has 0 unspecified atom stereocenters. The first-order chi connectivity index (χ1) is 18.4. The van der Waals surface area contributed by atoms with E-state index in [1.54, 1.807) is 23.5 Å². The summed E-state index contributed by atoms with van der Waals surface area (Å²) < 4.78 is 18.2. The quantitative estimate of drug-likeness (QED) is 0.257. The fourth-order valence-electron chi connectivity index (χ4n) is 5.00. The molecule has 8 nitrogen and oxygen atoms in total. The maximum absolute atomic E-state index is 13.0. The lowest BCUT2D eigenvalue weighted by Crippen LogP contribution is -2.23. The van der Waals surface area contributed by atoms with Crippen LogP contribution in [0.5, 0.6) is 11.5 Å². The molecule has 5 rings (SSSR count). The Bertz CT molecular complexity index is 1490. The van der Waals surface area contributed by atoms with Gasteiger partial charge >= 0.3 is 5.97 Å². The fraction of sp³-hybridized carbons (Fsp3) is 0.345. The lowest BCUT2D eigenvalue weighted by molar-refractivity contribution is -0.117. The van der Waals surface area contributed by atoms with Gasteiger partial charge in [-0.3, -0.25) is 4.79 Å². The number of amides is 1. The first-order valence-corrected chi connectivity index (χ1v) is 13.5. The number of thiophene rings is 1. The number of nitrogens with one attached hydrogen (secondary N) is 1. The SMILES string of the molecule is CCOC(=O)c1c(-n2c(C)cc(/C=C(\C#N)C(=O)NCc3ccc4c(c3)OCO4)c2C)sc2c1CCCC2. The van der Waals surface area contributed by atoms with Crippen molar-refractivity contribution in [3.63, 3.8) is 0 Å². The highest BCUT2D eigenvalue weighted by atomic mass is 32.1. The smallest absolute Gasteiger partial charge is 0.341 e. The van der Waals surface area contributed by atoms with E-state index in [4.69, 9.17) is 14.2 Å². The second-order valence-electron chi connectivity index (χ2n) is 9.31. The zero-order valence-corrected chi connectivity index (χ0v) is 22.5. The average molecular weight is 532 g/mol. The number of benzene rings is 1. The molecule has 0 atom stereocenters. The normalized spacial score (nSPS) is 14.1. The number of nitriles is 1. The largest absolute Gasteiger partial charge is 0.462 e. The fourth-order valence-corrected chi connectivity index (χ4v) is 6.49. The summed E-state index contributed by atoms with van der Waals surface area (Å²) in [5, 5.41) is 13.4. The number of hydrogen-bond acceptors (Lipinski definition) is 7. The third-order valence-corrected chi connectivity index (χ3v) is 8.14. The molecule has 1 aliphatic heterocycles. The Balaban J connectivity index is 1.42. The van der Waals surface area contributed by atoms with Crippen LogP contribution >= 0.6 is 11.3 Å². The summed E-state index contributed by atoms with van der Waals surface area (Å²) in [6, 6.07) is 9.43. The summed E-state index contributed by atoms with van der Waals surface area (Å²) in [6.07, 6.45) is 5.60. The number of hydrogen-bond donors (Lipinski definition) is 1. The highest BCUT2D eigenvalue weighted by Crippen LogP contribution is 2.39. The van der Waals surface area contributed by atoms with Crippen LogP contribution in [0.1, 0.15) is 63.1 Å². The maximum Gasteiger partial charge on any atom is 0.341 e. The van der Waals surface area contributed by atoms with Gasteiger partial charge < -0.3 is 24.1 Å². The summed E-state index contributed by atoms with van der Waals surface area (Å²) in [5.74, 6) is 0.546. The molecule has 3 heterocycles. The van der Waals surface area contributed by atoms with Crippen LogP contribution in [0.3, 0.4) is 0 Å². The number of fused-ring (bicyclic) bond motifs is 2. The zero-order chi connectivity index (χ0) is 26.8. The molecule has 38 heavy (non-hydrogen) atoms. The number of rotatable bonds is 7. The second-order valence-corrected chi connectivity index (χ2v) is 10.4. The van der Waals surface area contributed by atoms with Crippen molar-refractivity contribution in [3.05, 3.63) is 68.4 Å². The van der Waals surface area contributed by atoms with E-state index in [0.717, 1.165) is 58.8 Å². The first kappa shape index (κ1) is 25.6. The summed E-state index contributed by atoms with van der Waals surface area (Å²) in [7, 11) is 0. The van der Waals surface area contributed by atoms with E-state index in [2.05, 4.69) is 5.32 Å². The van der Waals surface area contributed by atoms with Crippen LogP contribution < -0.4 is 14.8 Å². The van der Waals surface area contributed by atoms with Gasteiger partial charge in [0.05, 0.1) is 12.2 Å². The highest BCUT2D eigenvalue weighted by molar-refractivity contribution is 7.15. The van der Waals surface area contributed by atoms with E-state index in [9.17, 15) is 14.9 Å². The van der Waals surface area contributed by atoms with Crippen molar-refractivity contribution in [1.82, 2.24) is 9.88 Å². The van der Waals surface area contributed by atoms with Crippen LogP contribution in [0.2, 0.25) is 0 Å². The van der Waals surface area contributed by atoms with Gasteiger partial charge in [0.15, 0.2) is 11.5 Å². The van der Waals surface area contributed by atoms with Crippen molar-refractivity contribution >= 4 is 29.3 Å². The molecule has 0 saturated heterocycles. The lowest BCUT2D eigenvalue weighted by Gasteiger charge is -2.13. The van der Waals surface area contributed by atoms with Crippen LogP contribution in [0, 0.1) is 25.2 Å². The van der Waals surface area contributed by atoms with Crippen molar-refractivity contribution in [2.24, 2.45) is 0 Å². The molecule has 2 aliphatic rings.